The molecule has 0 aliphatic carbocycles. The first kappa shape index (κ1) is 13.4. The Morgan fingerprint density at radius 2 is 2.06 bits per heavy atom. The number of phenols is 2. The van der Waals surface area contributed by atoms with Gasteiger partial charge in [0, 0.05) is 13.0 Å². The van der Waals surface area contributed by atoms with Crippen LogP contribution in [0.5, 0.6) is 11.5 Å². The second-order valence-electron chi connectivity index (χ2n) is 4.03. The number of unbranched alkanes of at least 4 members (excludes halogenated alkanes) is 1. The van der Waals surface area contributed by atoms with Crippen LogP contribution in [-0.4, -0.2) is 22.7 Å². The van der Waals surface area contributed by atoms with E-state index in [4.69, 9.17) is 5.11 Å². The molecule has 0 aliphatic rings. The Kier molecular flexibility index (Phi) is 5.33. The Labute approximate surface area is 101 Å². The third-order valence-electron chi connectivity index (χ3n) is 2.53. The highest BCUT2D eigenvalue weighted by Gasteiger charge is 2.02. The maximum absolute atomic E-state index is 11.3. The topological polar surface area (TPSA) is 69.6 Å². The molecular weight excluding hydrogens is 218 g/mol. The highest BCUT2D eigenvalue weighted by molar-refractivity contribution is 5.75. The number of nitrogens with one attached hydrogen (secondary N) is 1. The molecule has 4 heteroatoms. The van der Waals surface area contributed by atoms with E-state index in [1.54, 1.807) is 6.07 Å². The van der Waals surface area contributed by atoms with Gasteiger partial charge in [0.25, 0.3) is 0 Å². The number of hydrogen-bond donors (Lipinski definition) is 3. The fourth-order valence-corrected chi connectivity index (χ4v) is 1.50. The minimum absolute atomic E-state index is 0.0647. The molecule has 0 radical (unpaired) electrons. The van der Waals surface area contributed by atoms with Crippen molar-refractivity contribution in [3.63, 3.8) is 0 Å². The number of benzene rings is 1. The van der Waals surface area contributed by atoms with E-state index in [1.165, 1.54) is 12.1 Å². The van der Waals surface area contributed by atoms with E-state index in [2.05, 4.69) is 5.32 Å². The first-order valence-electron chi connectivity index (χ1n) is 5.91. The number of rotatable bonds is 6. The normalized spacial score (nSPS) is 10.2. The van der Waals surface area contributed by atoms with Crippen LogP contribution in [0.25, 0.3) is 0 Å². The Morgan fingerprint density at radius 3 is 2.71 bits per heavy atom. The summed E-state index contributed by atoms with van der Waals surface area (Å²) in [6.45, 7) is 2.60. The zero-order valence-corrected chi connectivity index (χ0v) is 10.1. The van der Waals surface area contributed by atoms with Crippen molar-refractivity contribution in [2.75, 3.05) is 6.54 Å². The highest BCUT2D eigenvalue weighted by Crippen LogP contribution is 2.24. The average Bonchev–Trinajstić information content (AvgIpc) is 2.31. The van der Waals surface area contributed by atoms with Crippen molar-refractivity contribution in [1.29, 1.82) is 0 Å². The molecule has 3 N–H and O–H groups in total. The summed E-state index contributed by atoms with van der Waals surface area (Å²) in [5, 5.41) is 21.2. The number of amides is 1. The molecule has 0 saturated heterocycles. The van der Waals surface area contributed by atoms with Crippen LogP contribution in [-0.2, 0) is 11.2 Å². The lowest BCUT2D eigenvalue weighted by Crippen LogP contribution is -2.25. The van der Waals surface area contributed by atoms with Crippen molar-refractivity contribution in [3.05, 3.63) is 23.8 Å². The summed E-state index contributed by atoms with van der Waals surface area (Å²) in [5.41, 5.74) is 0.885. The van der Waals surface area contributed by atoms with E-state index in [0.717, 1.165) is 18.4 Å². The quantitative estimate of drug-likeness (QED) is 0.662. The molecule has 0 spiro atoms. The number of carbonyl (C=O) groups is 1. The van der Waals surface area contributed by atoms with Gasteiger partial charge in [-0.25, -0.2) is 0 Å². The molecule has 0 bridgehead atoms. The molecule has 17 heavy (non-hydrogen) atoms. The van der Waals surface area contributed by atoms with Gasteiger partial charge >= 0.3 is 0 Å². The van der Waals surface area contributed by atoms with Gasteiger partial charge in [0.15, 0.2) is 11.5 Å². The van der Waals surface area contributed by atoms with Crippen LogP contribution in [0.2, 0.25) is 0 Å². The third-order valence-corrected chi connectivity index (χ3v) is 2.53. The smallest absolute Gasteiger partial charge is 0.220 e. The van der Waals surface area contributed by atoms with E-state index in [-0.39, 0.29) is 17.4 Å². The maximum Gasteiger partial charge on any atom is 0.220 e. The molecule has 0 saturated carbocycles. The lowest BCUT2D eigenvalue weighted by atomic mass is 10.1. The van der Waals surface area contributed by atoms with Crippen molar-refractivity contribution < 1.29 is 15.0 Å². The summed E-state index contributed by atoms with van der Waals surface area (Å²) in [6.07, 6.45) is 3.13. The van der Waals surface area contributed by atoms with Crippen LogP contribution in [0.4, 0.5) is 0 Å². The minimum Gasteiger partial charge on any atom is -0.504 e. The number of aromatic hydroxyl groups is 2. The first-order chi connectivity index (χ1) is 8.13. The van der Waals surface area contributed by atoms with Crippen molar-refractivity contribution in [2.24, 2.45) is 0 Å². The minimum atomic E-state index is -0.125. The van der Waals surface area contributed by atoms with Crippen LogP contribution in [0.15, 0.2) is 18.2 Å². The Balaban J connectivity index is 2.30. The van der Waals surface area contributed by atoms with Gasteiger partial charge in [0.2, 0.25) is 5.91 Å². The summed E-state index contributed by atoms with van der Waals surface area (Å²) in [5.74, 6) is -0.185. The highest BCUT2D eigenvalue weighted by atomic mass is 16.3. The van der Waals surface area contributed by atoms with Gasteiger partial charge < -0.3 is 15.5 Å². The standard InChI is InChI=1S/C13H19NO3/c1-2-3-4-13(17)14-8-7-10-5-6-11(15)12(16)9-10/h5-6,9,15-16H,2-4,7-8H2,1H3,(H,14,17). The van der Waals surface area contributed by atoms with Crippen molar-refractivity contribution in [2.45, 2.75) is 32.6 Å². The third kappa shape index (κ3) is 4.76. The number of phenolic OH excluding ortho intramolecular Hbond substituents is 2. The van der Waals surface area contributed by atoms with E-state index in [9.17, 15) is 9.90 Å². The average molecular weight is 237 g/mol. The molecule has 0 aliphatic heterocycles. The predicted octanol–water partition coefficient (Wildman–Crippen LogP) is 1.95. The second kappa shape index (κ2) is 6.78. The summed E-state index contributed by atoms with van der Waals surface area (Å²) in [7, 11) is 0. The van der Waals surface area contributed by atoms with Gasteiger partial charge in [-0.1, -0.05) is 19.4 Å². The Morgan fingerprint density at radius 1 is 1.29 bits per heavy atom. The molecule has 1 aromatic rings. The molecule has 0 heterocycles. The lowest BCUT2D eigenvalue weighted by Gasteiger charge is -2.06. The Bertz CT molecular complexity index is 377. The molecule has 1 amide bonds. The molecular formula is C13H19NO3. The summed E-state index contributed by atoms with van der Waals surface area (Å²) in [4.78, 5) is 11.3. The first-order valence-corrected chi connectivity index (χ1v) is 5.91. The number of hydrogen-bond acceptors (Lipinski definition) is 3. The zero-order chi connectivity index (χ0) is 12.7. The van der Waals surface area contributed by atoms with E-state index >= 15 is 0 Å². The molecule has 0 unspecified atom stereocenters. The largest absolute Gasteiger partial charge is 0.504 e. The van der Waals surface area contributed by atoms with Gasteiger partial charge in [-0.05, 0) is 30.5 Å². The van der Waals surface area contributed by atoms with Gasteiger partial charge in [-0.2, -0.15) is 0 Å². The predicted molar refractivity (Wildman–Crippen MR) is 66.0 cm³/mol. The molecule has 0 fully saturated rings. The van der Waals surface area contributed by atoms with Crippen LogP contribution >= 0.6 is 0 Å². The van der Waals surface area contributed by atoms with Crippen molar-refractivity contribution in [1.82, 2.24) is 5.32 Å². The van der Waals surface area contributed by atoms with Crippen LogP contribution in [0, 0.1) is 0 Å². The molecule has 0 atom stereocenters. The second-order valence-corrected chi connectivity index (χ2v) is 4.03. The van der Waals surface area contributed by atoms with Crippen LogP contribution in [0.3, 0.4) is 0 Å². The van der Waals surface area contributed by atoms with E-state index in [0.29, 0.717) is 19.4 Å². The van der Waals surface area contributed by atoms with Crippen molar-refractivity contribution in [3.8, 4) is 11.5 Å². The van der Waals surface area contributed by atoms with Crippen LogP contribution < -0.4 is 5.32 Å². The molecule has 1 rings (SSSR count). The summed E-state index contributed by atoms with van der Waals surface area (Å²) >= 11 is 0. The lowest BCUT2D eigenvalue weighted by molar-refractivity contribution is -0.121. The van der Waals surface area contributed by atoms with Crippen LogP contribution in [0.1, 0.15) is 31.7 Å². The fraction of sp³-hybridized carbons (Fsp3) is 0.462. The Hall–Kier alpha value is -1.71. The number of carbonyl (C=O) groups excluding carboxylic acids is 1. The SMILES string of the molecule is CCCCC(=O)NCCc1ccc(O)c(O)c1. The molecule has 94 valence electrons. The van der Waals surface area contributed by atoms with Crippen molar-refractivity contribution >= 4 is 5.91 Å². The summed E-state index contributed by atoms with van der Waals surface area (Å²) < 4.78 is 0. The van der Waals surface area contributed by atoms with Gasteiger partial charge in [-0.3, -0.25) is 4.79 Å². The van der Waals surface area contributed by atoms with Gasteiger partial charge in [0.05, 0.1) is 0 Å². The molecule has 4 nitrogen and oxygen atoms in total. The van der Waals surface area contributed by atoms with E-state index in [1.807, 2.05) is 6.92 Å². The maximum atomic E-state index is 11.3. The van der Waals surface area contributed by atoms with Gasteiger partial charge in [-0.15, -0.1) is 0 Å². The molecule has 0 aromatic heterocycles. The van der Waals surface area contributed by atoms with Gasteiger partial charge in [0.1, 0.15) is 0 Å². The zero-order valence-electron chi connectivity index (χ0n) is 10.1. The monoisotopic (exact) mass is 237 g/mol. The molecule has 1 aromatic carbocycles. The fourth-order valence-electron chi connectivity index (χ4n) is 1.50. The van der Waals surface area contributed by atoms with E-state index < -0.39 is 0 Å². The summed E-state index contributed by atoms with van der Waals surface area (Å²) in [6, 6.07) is 4.68.